The fourth-order valence-corrected chi connectivity index (χ4v) is 3.56. The van der Waals surface area contributed by atoms with Gasteiger partial charge < -0.3 is 19.4 Å². The van der Waals surface area contributed by atoms with Gasteiger partial charge in [-0.05, 0) is 30.9 Å². The molecule has 1 amide bonds. The van der Waals surface area contributed by atoms with Gasteiger partial charge in [0.05, 0.1) is 19.9 Å². The average molecular weight is 384 g/mol. The lowest BCUT2D eigenvalue weighted by Gasteiger charge is -2.31. The fraction of sp³-hybridized carbons (Fsp3) is 0.474. The Hall–Kier alpha value is -3.10. The first-order valence-corrected chi connectivity index (χ1v) is 9.51. The summed E-state index contributed by atoms with van der Waals surface area (Å²) in [6.07, 6.45) is 5.95. The molecule has 1 unspecified atom stereocenters. The molecule has 0 aliphatic carbocycles. The summed E-state index contributed by atoms with van der Waals surface area (Å²) in [5, 5.41) is 10.6. The molecule has 1 fully saturated rings. The third-order valence-corrected chi connectivity index (χ3v) is 4.98. The van der Waals surface area contributed by atoms with Crippen molar-refractivity contribution in [3.63, 3.8) is 0 Å². The zero-order valence-electron chi connectivity index (χ0n) is 15.9. The number of rotatable bonds is 7. The van der Waals surface area contributed by atoms with Crippen LogP contribution in [0.2, 0.25) is 0 Å². The highest BCUT2D eigenvalue weighted by Gasteiger charge is 2.25. The first-order chi connectivity index (χ1) is 13.7. The van der Waals surface area contributed by atoms with Gasteiger partial charge in [-0.15, -0.1) is 5.10 Å². The third-order valence-electron chi connectivity index (χ3n) is 4.98. The number of fused-ring (bicyclic) bond motifs is 1. The van der Waals surface area contributed by atoms with Crippen LogP contribution in [0.3, 0.4) is 0 Å². The van der Waals surface area contributed by atoms with E-state index in [1.54, 1.807) is 24.2 Å². The monoisotopic (exact) mass is 384 g/mol. The van der Waals surface area contributed by atoms with E-state index in [1.807, 2.05) is 18.2 Å². The fourth-order valence-electron chi connectivity index (χ4n) is 3.56. The van der Waals surface area contributed by atoms with Crippen LogP contribution >= 0.6 is 0 Å². The molecule has 28 heavy (non-hydrogen) atoms. The minimum Gasteiger partial charge on any atom is -0.497 e. The number of anilines is 1. The zero-order chi connectivity index (χ0) is 19.3. The second-order valence-corrected chi connectivity index (χ2v) is 7.00. The van der Waals surface area contributed by atoms with Crippen molar-refractivity contribution in [2.24, 2.45) is 5.92 Å². The smallest absolute Gasteiger partial charge is 0.298 e. The first kappa shape index (κ1) is 18.3. The van der Waals surface area contributed by atoms with E-state index in [-0.39, 0.29) is 11.8 Å². The lowest BCUT2D eigenvalue weighted by atomic mass is 9.95. The number of ether oxygens (including phenoxy) is 1. The largest absolute Gasteiger partial charge is 0.497 e. The van der Waals surface area contributed by atoms with Crippen molar-refractivity contribution in [1.82, 2.24) is 25.3 Å². The predicted molar refractivity (Wildman–Crippen MR) is 103 cm³/mol. The maximum absolute atomic E-state index is 12.3. The van der Waals surface area contributed by atoms with Crippen molar-refractivity contribution in [3.05, 3.63) is 30.6 Å². The van der Waals surface area contributed by atoms with Gasteiger partial charge in [-0.3, -0.25) is 9.48 Å². The van der Waals surface area contributed by atoms with E-state index in [0.29, 0.717) is 25.5 Å². The van der Waals surface area contributed by atoms with Crippen molar-refractivity contribution in [2.75, 3.05) is 31.6 Å². The van der Waals surface area contributed by atoms with Gasteiger partial charge in [0.15, 0.2) is 5.58 Å². The molecule has 1 atom stereocenters. The van der Waals surface area contributed by atoms with E-state index >= 15 is 0 Å². The molecule has 1 saturated heterocycles. The molecule has 0 saturated carbocycles. The second kappa shape index (κ2) is 8.28. The minimum absolute atomic E-state index is 0.0641. The normalized spacial score (nSPS) is 17.0. The minimum atomic E-state index is 0.0641. The van der Waals surface area contributed by atoms with E-state index in [0.717, 1.165) is 42.8 Å². The highest BCUT2D eigenvalue weighted by molar-refractivity contribution is 5.77. The van der Waals surface area contributed by atoms with E-state index in [9.17, 15) is 4.79 Å². The average Bonchev–Trinajstić information content (AvgIpc) is 3.37. The molecule has 9 heteroatoms. The summed E-state index contributed by atoms with van der Waals surface area (Å²) in [5.41, 5.74) is 1.52. The van der Waals surface area contributed by atoms with Crippen molar-refractivity contribution < 1.29 is 13.9 Å². The SMILES string of the molecule is COc1ccc2oc(N3CCCC(CC(=O)NCCn4ccnn4)C3)nc2c1. The van der Waals surface area contributed by atoms with Crippen LogP contribution in [0, 0.1) is 5.92 Å². The number of benzene rings is 1. The molecule has 9 nitrogen and oxygen atoms in total. The molecule has 0 bridgehead atoms. The Morgan fingerprint density at radius 1 is 1.43 bits per heavy atom. The predicted octanol–water partition coefficient (Wildman–Crippen LogP) is 1.85. The van der Waals surface area contributed by atoms with Crippen LogP contribution < -0.4 is 15.0 Å². The number of methoxy groups -OCH3 is 1. The Labute approximate surface area is 162 Å². The van der Waals surface area contributed by atoms with Crippen LogP contribution in [0.1, 0.15) is 19.3 Å². The van der Waals surface area contributed by atoms with E-state index in [4.69, 9.17) is 9.15 Å². The number of amides is 1. The summed E-state index contributed by atoms with van der Waals surface area (Å²) >= 11 is 0. The number of carbonyl (C=O) groups is 1. The number of nitrogens with zero attached hydrogens (tertiary/aromatic N) is 5. The van der Waals surface area contributed by atoms with Crippen molar-refractivity contribution in [2.45, 2.75) is 25.8 Å². The van der Waals surface area contributed by atoms with Gasteiger partial charge in [0, 0.05) is 38.3 Å². The van der Waals surface area contributed by atoms with Crippen molar-refractivity contribution in [1.29, 1.82) is 0 Å². The maximum Gasteiger partial charge on any atom is 0.298 e. The van der Waals surface area contributed by atoms with Crippen LogP contribution in [0.4, 0.5) is 6.01 Å². The summed E-state index contributed by atoms with van der Waals surface area (Å²) in [6.45, 7) is 2.81. The highest BCUT2D eigenvalue weighted by Crippen LogP contribution is 2.29. The molecule has 0 spiro atoms. The Bertz CT molecular complexity index is 923. The Kier molecular flexibility index (Phi) is 5.41. The molecule has 1 aliphatic rings. The summed E-state index contributed by atoms with van der Waals surface area (Å²) in [4.78, 5) is 19.0. The molecule has 1 N–H and O–H groups in total. The van der Waals surface area contributed by atoms with Crippen LogP contribution in [0.5, 0.6) is 5.75 Å². The topological polar surface area (TPSA) is 98.3 Å². The molecule has 1 aliphatic heterocycles. The summed E-state index contributed by atoms with van der Waals surface area (Å²) in [5.74, 6) is 1.10. The van der Waals surface area contributed by atoms with Crippen LogP contribution in [0.25, 0.3) is 11.1 Å². The molecule has 2 aromatic heterocycles. The van der Waals surface area contributed by atoms with Gasteiger partial charge in [0.2, 0.25) is 5.91 Å². The Morgan fingerprint density at radius 2 is 2.36 bits per heavy atom. The second-order valence-electron chi connectivity index (χ2n) is 7.00. The van der Waals surface area contributed by atoms with Crippen LogP contribution in [-0.4, -0.2) is 52.6 Å². The van der Waals surface area contributed by atoms with Gasteiger partial charge >= 0.3 is 0 Å². The number of aromatic nitrogens is 4. The van der Waals surface area contributed by atoms with Crippen molar-refractivity contribution >= 4 is 23.0 Å². The van der Waals surface area contributed by atoms with E-state index < -0.39 is 0 Å². The van der Waals surface area contributed by atoms with Crippen LogP contribution in [0.15, 0.2) is 35.0 Å². The molecule has 3 aromatic rings. The number of hydrogen-bond acceptors (Lipinski definition) is 7. The number of oxazole rings is 1. The summed E-state index contributed by atoms with van der Waals surface area (Å²) in [7, 11) is 1.63. The van der Waals surface area contributed by atoms with Gasteiger partial charge in [-0.2, -0.15) is 4.98 Å². The van der Waals surface area contributed by atoms with Crippen molar-refractivity contribution in [3.8, 4) is 5.75 Å². The molecular weight excluding hydrogens is 360 g/mol. The number of nitrogens with one attached hydrogen (secondary N) is 1. The first-order valence-electron chi connectivity index (χ1n) is 9.51. The number of piperidine rings is 1. The Balaban J connectivity index is 1.31. The molecule has 148 valence electrons. The van der Waals surface area contributed by atoms with Gasteiger partial charge in [-0.1, -0.05) is 5.21 Å². The lowest BCUT2D eigenvalue weighted by molar-refractivity contribution is -0.122. The van der Waals surface area contributed by atoms with E-state index in [2.05, 4.69) is 25.5 Å². The number of hydrogen-bond donors (Lipinski definition) is 1. The van der Waals surface area contributed by atoms with Gasteiger partial charge in [0.25, 0.3) is 6.01 Å². The van der Waals surface area contributed by atoms with Gasteiger partial charge in [-0.25, -0.2) is 0 Å². The summed E-state index contributed by atoms with van der Waals surface area (Å²) in [6, 6.07) is 6.21. The molecule has 0 radical (unpaired) electrons. The highest BCUT2D eigenvalue weighted by atomic mass is 16.5. The molecular formula is C19H24N6O3. The van der Waals surface area contributed by atoms with Gasteiger partial charge in [0.1, 0.15) is 11.3 Å². The standard InChI is InChI=1S/C19H24N6O3/c1-27-15-4-5-17-16(12-15)22-19(28-17)24-8-2-3-14(13-24)11-18(26)20-6-9-25-10-7-21-23-25/h4-5,7,10,12,14H,2-3,6,8-9,11,13H2,1H3,(H,20,26). The zero-order valence-corrected chi connectivity index (χ0v) is 15.9. The van der Waals surface area contributed by atoms with Crippen LogP contribution in [-0.2, 0) is 11.3 Å². The number of carbonyl (C=O) groups excluding carboxylic acids is 1. The Morgan fingerprint density at radius 3 is 3.18 bits per heavy atom. The quantitative estimate of drug-likeness (QED) is 0.664. The van der Waals surface area contributed by atoms with E-state index in [1.165, 1.54) is 0 Å². The third kappa shape index (κ3) is 4.24. The molecule has 4 rings (SSSR count). The molecule has 1 aromatic carbocycles. The molecule has 3 heterocycles. The summed E-state index contributed by atoms with van der Waals surface area (Å²) < 4.78 is 12.9. The lowest BCUT2D eigenvalue weighted by Crippen LogP contribution is -2.38. The maximum atomic E-state index is 12.3.